The maximum atomic E-state index is 14.0. The van der Waals surface area contributed by atoms with E-state index in [-0.39, 0.29) is 17.7 Å². The standard InChI is InChI=1S/C25H26F2N4O2/c1-15-10-21(33-13-18-19(26)6-5-7-20(18)27)24-29-16(2)23(31(24)12-15)17-8-9-30(22(32)11-17)14-25(3,4)28/h5-12H,13-14,28H2,1-4H3. The molecule has 3 heterocycles. The van der Waals surface area contributed by atoms with Crippen LogP contribution in [0.4, 0.5) is 8.78 Å². The molecule has 8 heteroatoms. The van der Waals surface area contributed by atoms with Crippen molar-refractivity contribution in [3.8, 4) is 17.0 Å². The molecule has 0 aliphatic heterocycles. The van der Waals surface area contributed by atoms with Gasteiger partial charge in [-0.25, -0.2) is 13.8 Å². The van der Waals surface area contributed by atoms with Crippen LogP contribution >= 0.6 is 0 Å². The van der Waals surface area contributed by atoms with Crippen molar-refractivity contribution in [3.05, 3.63) is 87.6 Å². The first-order valence-electron chi connectivity index (χ1n) is 10.6. The summed E-state index contributed by atoms with van der Waals surface area (Å²) in [6, 6.07) is 8.87. The number of nitrogens with zero attached hydrogens (tertiary/aromatic N) is 3. The summed E-state index contributed by atoms with van der Waals surface area (Å²) >= 11 is 0. The van der Waals surface area contributed by atoms with Gasteiger partial charge in [-0.3, -0.25) is 9.20 Å². The monoisotopic (exact) mass is 452 g/mol. The molecule has 3 aromatic heterocycles. The molecule has 0 amide bonds. The summed E-state index contributed by atoms with van der Waals surface area (Å²) in [5.41, 5.74) is 8.72. The van der Waals surface area contributed by atoms with E-state index in [1.807, 2.05) is 44.4 Å². The zero-order chi connectivity index (χ0) is 23.9. The van der Waals surface area contributed by atoms with Crippen molar-refractivity contribution in [2.45, 2.75) is 46.4 Å². The SMILES string of the molecule is Cc1cc(OCc2c(F)cccc2F)c2nc(C)c(-c3ccn(CC(C)(C)N)c(=O)c3)n2c1. The van der Waals surface area contributed by atoms with Crippen molar-refractivity contribution in [3.63, 3.8) is 0 Å². The molecular weight excluding hydrogens is 426 g/mol. The van der Waals surface area contributed by atoms with Gasteiger partial charge < -0.3 is 15.0 Å². The van der Waals surface area contributed by atoms with Crippen LogP contribution in [0.1, 0.15) is 30.7 Å². The lowest BCUT2D eigenvalue weighted by molar-refractivity contribution is 0.294. The van der Waals surface area contributed by atoms with Gasteiger partial charge in [0, 0.05) is 36.1 Å². The number of ether oxygens (including phenoxy) is 1. The zero-order valence-electron chi connectivity index (χ0n) is 19.0. The Kier molecular flexibility index (Phi) is 5.80. The lowest BCUT2D eigenvalue weighted by Gasteiger charge is -2.20. The summed E-state index contributed by atoms with van der Waals surface area (Å²) in [5, 5.41) is 0. The smallest absolute Gasteiger partial charge is 0.251 e. The van der Waals surface area contributed by atoms with Crippen molar-refractivity contribution in [2.24, 2.45) is 5.73 Å². The number of benzene rings is 1. The molecule has 0 spiro atoms. The van der Waals surface area contributed by atoms with Crippen LogP contribution in [0.2, 0.25) is 0 Å². The fraction of sp³-hybridized carbons (Fsp3) is 0.280. The minimum absolute atomic E-state index is 0.146. The van der Waals surface area contributed by atoms with Crippen LogP contribution in [0.5, 0.6) is 5.75 Å². The average Bonchev–Trinajstić information content (AvgIpc) is 3.04. The van der Waals surface area contributed by atoms with Gasteiger partial charge in [-0.1, -0.05) is 6.07 Å². The van der Waals surface area contributed by atoms with Gasteiger partial charge in [-0.15, -0.1) is 0 Å². The quantitative estimate of drug-likeness (QED) is 0.471. The summed E-state index contributed by atoms with van der Waals surface area (Å²) in [6.07, 6.45) is 3.61. The first-order valence-corrected chi connectivity index (χ1v) is 10.6. The highest BCUT2D eigenvalue weighted by atomic mass is 19.1. The normalized spacial score (nSPS) is 11.8. The molecule has 0 radical (unpaired) electrons. The Labute approximate surface area is 190 Å². The summed E-state index contributed by atoms with van der Waals surface area (Å²) in [7, 11) is 0. The van der Waals surface area contributed by atoms with Gasteiger partial charge in [-0.05, 0) is 57.5 Å². The first kappa shape index (κ1) is 22.7. The molecule has 172 valence electrons. The molecule has 0 atom stereocenters. The Balaban J connectivity index is 1.75. The number of imidazole rings is 1. The molecule has 0 aliphatic carbocycles. The number of halogens is 2. The topological polar surface area (TPSA) is 74.5 Å². The molecule has 2 N–H and O–H groups in total. The van der Waals surface area contributed by atoms with Crippen molar-refractivity contribution >= 4 is 5.65 Å². The molecule has 0 saturated heterocycles. The van der Waals surface area contributed by atoms with E-state index < -0.39 is 17.2 Å². The second-order valence-electron chi connectivity index (χ2n) is 8.98. The number of fused-ring (bicyclic) bond motifs is 1. The molecule has 0 aliphatic rings. The first-order chi connectivity index (χ1) is 15.5. The van der Waals surface area contributed by atoms with Crippen molar-refractivity contribution in [1.82, 2.24) is 14.0 Å². The van der Waals surface area contributed by atoms with E-state index in [2.05, 4.69) is 4.98 Å². The van der Waals surface area contributed by atoms with E-state index in [9.17, 15) is 13.6 Å². The van der Waals surface area contributed by atoms with Crippen LogP contribution in [0.25, 0.3) is 16.9 Å². The molecule has 1 aromatic carbocycles. The van der Waals surface area contributed by atoms with Gasteiger partial charge in [0.05, 0.1) is 17.0 Å². The second kappa shape index (κ2) is 8.44. The highest BCUT2D eigenvalue weighted by molar-refractivity contribution is 5.70. The largest absolute Gasteiger partial charge is 0.485 e. The fourth-order valence-corrected chi connectivity index (χ4v) is 3.86. The third-order valence-corrected chi connectivity index (χ3v) is 5.28. The Bertz CT molecular complexity index is 1380. The zero-order valence-corrected chi connectivity index (χ0v) is 19.0. The van der Waals surface area contributed by atoms with Crippen LogP contribution in [-0.4, -0.2) is 19.5 Å². The predicted molar refractivity (Wildman–Crippen MR) is 123 cm³/mol. The maximum Gasteiger partial charge on any atom is 0.251 e. The van der Waals surface area contributed by atoms with Crippen LogP contribution in [0.3, 0.4) is 0 Å². The van der Waals surface area contributed by atoms with E-state index in [4.69, 9.17) is 10.5 Å². The minimum Gasteiger partial charge on any atom is -0.485 e. The van der Waals surface area contributed by atoms with Gasteiger partial charge in [0.1, 0.15) is 18.2 Å². The van der Waals surface area contributed by atoms with E-state index >= 15 is 0 Å². The highest BCUT2D eigenvalue weighted by Gasteiger charge is 2.18. The Morgan fingerprint density at radius 3 is 2.45 bits per heavy atom. The van der Waals surface area contributed by atoms with E-state index in [0.29, 0.717) is 29.2 Å². The van der Waals surface area contributed by atoms with Crippen LogP contribution in [0, 0.1) is 25.5 Å². The number of rotatable bonds is 6. The maximum absolute atomic E-state index is 14.0. The Morgan fingerprint density at radius 1 is 1.12 bits per heavy atom. The number of aryl methyl sites for hydroxylation is 2. The molecular formula is C25H26F2N4O2. The van der Waals surface area contributed by atoms with Gasteiger partial charge >= 0.3 is 0 Å². The highest BCUT2D eigenvalue weighted by Crippen LogP contribution is 2.30. The Hall–Kier alpha value is -3.52. The number of aromatic nitrogens is 3. The Morgan fingerprint density at radius 2 is 1.82 bits per heavy atom. The number of hydrogen-bond acceptors (Lipinski definition) is 4. The molecule has 4 rings (SSSR count). The molecule has 0 unspecified atom stereocenters. The van der Waals surface area contributed by atoms with Gasteiger partial charge in [-0.2, -0.15) is 0 Å². The van der Waals surface area contributed by atoms with Crippen LogP contribution < -0.4 is 16.0 Å². The van der Waals surface area contributed by atoms with E-state index in [1.165, 1.54) is 18.2 Å². The molecule has 0 saturated carbocycles. The second-order valence-corrected chi connectivity index (χ2v) is 8.98. The van der Waals surface area contributed by atoms with E-state index in [1.54, 1.807) is 22.9 Å². The third-order valence-electron chi connectivity index (χ3n) is 5.28. The molecule has 4 aromatic rings. The summed E-state index contributed by atoms with van der Waals surface area (Å²) in [4.78, 5) is 17.3. The van der Waals surface area contributed by atoms with Crippen molar-refractivity contribution in [2.75, 3.05) is 0 Å². The summed E-state index contributed by atoms with van der Waals surface area (Å²) in [5.74, 6) is -0.939. The molecule has 33 heavy (non-hydrogen) atoms. The van der Waals surface area contributed by atoms with Crippen molar-refractivity contribution in [1.29, 1.82) is 0 Å². The van der Waals surface area contributed by atoms with Gasteiger partial charge in [0.25, 0.3) is 5.56 Å². The van der Waals surface area contributed by atoms with Gasteiger partial charge in [0.15, 0.2) is 11.4 Å². The number of hydrogen-bond donors (Lipinski definition) is 1. The molecule has 0 fully saturated rings. The van der Waals surface area contributed by atoms with Crippen molar-refractivity contribution < 1.29 is 13.5 Å². The average molecular weight is 453 g/mol. The fourth-order valence-electron chi connectivity index (χ4n) is 3.86. The predicted octanol–water partition coefficient (Wildman–Crippen LogP) is 4.37. The lowest BCUT2D eigenvalue weighted by Crippen LogP contribution is -2.40. The van der Waals surface area contributed by atoms with Crippen LogP contribution in [-0.2, 0) is 13.2 Å². The lowest BCUT2D eigenvalue weighted by atomic mass is 10.1. The molecule has 0 bridgehead atoms. The van der Waals surface area contributed by atoms with E-state index in [0.717, 1.165) is 11.3 Å². The minimum atomic E-state index is -0.667. The third kappa shape index (κ3) is 4.66. The van der Waals surface area contributed by atoms with Gasteiger partial charge in [0.2, 0.25) is 0 Å². The number of nitrogens with two attached hydrogens (primary N) is 1. The summed E-state index contributed by atoms with van der Waals surface area (Å²) < 4.78 is 37.3. The number of pyridine rings is 2. The van der Waals surface area contributed by atoms with Crippen LogP contribution in [0.15, 0.2) is 53.6 Å². The summed E-state index contributed by atoms with van der Waals surface area (Å²) in [6.45, 7) is 7.56. The molecule has 6 nitrogen and oxygen atoms in total.